The van der Waals surface area contributed by atoms with Gasteiger partial charge < -0.3 is 19.7 Å². The number of nitrogens with one attached hydrogen (secondary N) is 1. The number of nitrogens with zero attached hydrogens (tertiary/aromatic N) is 1. The minimum Gasteiger partial charge on any atom is -0.508 e. The number of ether oxygens (including phenoxy) is 2. The van der Waals surface area contributed by atoms with E-state index in [4.69, 9.17) is 14.7 Å². The summed E-state index contributed by atoms with van der Waals surface area (Å²) in [4.78, 5) is 12.6. The van der Waals surface area contributed by atoms with E-state index < -0.39 is 18.3 Å². The maximum absolute atomic E-state index is 12.6. The number of benzene rings is 3. The molecule has 0 aromatic heterocycles. The summed E-state index contributed by atoms with van der Waals surface area (Å²) in [5, 5.41) is 30.7. The van der Waals surface area contributed by atoms with Gasteiger partial charge in [-0.05, 0) is 54.1 Å². The second kappa shape index (κ2) is 10.7. The first-order valence-corrected chi connectivity index (χ1v) is 9.68. The molecule has 3 N–H and O–H groups in total. The molecule has 0 saturated heterocycles. The molecule has 0 saturated carbocycles. The second-order valence-corrected chi connectivity index (χ2v) is 6.71. The van der Waals surface area contributed by atoms with Crippen molar-refractivity contribution in [1.29, 1.82) is 5.26 Å². The summed E-state index contributed by atoms with van der Waals surface area (Å²) < 4.78 is 11.7. The first-order chi connectivity index (χ1) is 15.1. The van der Waals surface area contributed by atoms with Crippen molar-refractivity contribution < 1.29 is 24.5 Å². The summed E-state index contributed by atoms with van der Waals surface area (Å²) in [6, 6.07) is 23.7. The fraction of sp³-hybridized carbons (Fsp3) is 0.167. The number of carbonyl (C=O) groups excluding carboxylic acids is 1. The molecule has 0 spiro atoms. The number of carbonyl (C=O) groups is 1. The average Bonchev–Trinajstić information content (AvgIpc) is 2.79. The van der Waals surface area contributed by atoms with Crippen LogP contribution in [0.3, 0.4) is 0 Å². The third-order valence-corrected chi connectivity index (χ3v) is 4.50. The normalized spacial score (nSPS) is 12.3. The first-order valence-electron chi connectivity index (χ1n) is 9.68. The largest absolute Gasteiger partial charge is 0.508 e. The van der Waals surface area contributed by atoms with Crippen molar-refractivity contribution in [2.45, 2.75) is 18.6 Å². The lowest BCUT2D eigenvalue weighted by atomic mass is 10.0. The highest BCUT2D eigenvalue weighted by Gasteiger charge is 2.29. The van der Waals surface area contributed by atoms with Crippen LogP contribution in [0.25, 0.3) is 0 Å². The van der Waals surface area contributed by atoms with E-state index in [1.165, 1.54) is 12.1 Å². The molecule has 31 heavy (non-hydrogen) atoms. The summed E-state index contributed by atoms with van der Waals surface area (Å²) in [5.41, 5.74) is 1.54. The number of aliphatic hydroxyl groups is 1. The maximum Gasteiger partial charge on any atom is 0.412 e. The Balaban J connectivity index is 1.82. The third-order valence-electron chi connectivity index (χ3n) is 4.50. The SMILES string of the molecule is N#Cc1ccc(NC(=O)O[C@@H](c2ccc(O)cc2)[C@H](CCO)Oc2ccccc2)cc1. The molecule has 0 unspecified atom stereocenters. The molecule has 0 aliphatic heterocycles. The van der Waals surface area contributed by atoms with Crippen molar-refractivity contribution in [2.75, 3.05) is 11.9 Å². The minimum absolute atomic E-state index is 0.0761. The van der Waals surface area contributed by atoms with Crippen LogP contribution < -0.4 is 10.1 Å². The molecule has 3 aromatic carbocycles. The molecule has 0 aliphatic carbocycles. The van der Waals surface area contributed by atoms with Crippen molar-refractivity contribution in [1.82, 2.24) is 0 Å². The van der Waals surface area contributed by atoms with E-state index in [0.717, 1.165) is 0 Å². The number of amides is 1. The number of aromatic hydroxyl groups is 1. The number of hydrogen-bond donors (Lipinski definition) is 3. The standard InChI is InChI=1S/C24H22N2O5/c25-16-17-6-10-19(11-7-17)26-24(29)31-23(18-8-12-20(28)13-9-18)22(14-15-27)30-21-4-2-1-3-5-21/h1-13,22-23,27-28H,14-15H2,(H,26,29)/t22-,23-/m0/s1. The van der Waals surface area contributed by atoms with Crippen molar-refractivity contribution in [3.05, 3.63) is 90.0 Å². The summed E-state index contributed by atoms with van der Waals surface area (Å²) in [7, 11) is 0. The molecule has 158 valence electrons. The quantitative estimate of drug-likeness (QED) is 0.500. The lowest BCUT2D eigenvalue weighted by molar-refractivity contribution is 0.00907. The van der Waals surface area contributed by atoms with Crippen LogP contribution >= 0.6 is 0 Å². The Morgan fingerprint density at radius 3 is 2.29 bits per heavy atom. The van der Waals surface area contributed by atoms with E-state index in [0.29, 0.717) is 22.6 Å². The van der Waals surface area contributed by atoms with Crippen molar-refractivity contribution in [3.63, 3.8) is 0 Å². The molecule has 1 amide bonds. The third kappa shape index (κ3) is 6.23. The van der Waals surface area contributed by atoms with Gasteiger partial charge in [-0.3, -0.25) is 5.32 Å². The van der Waals surface area contributed by atoms with E-state index in [2.05, 4.69) is 5.32 Å². The molecule has 3 rings (SSSR count). The van der Waals surface area contributed by atoms with Gasteiger partial charge in [-0.25, -0.2) is 4.79 Å². The summed E-state index contributed by atoms with van der Waals surface area (Å²) >= 11 is 0. The number of nitriles is 1. The highest BCUT2D eigenvalue weighted by Crippen LogP contribution is 2.29. The monoisotopic (exact) mass is 418 g/mol. The molecular formula is C24H22N2O5. The molecule has 0 heterocycles. The van der Waals surface area contributed by atoms with Gasteiger partial charge in [0.15, 0.2) is 6.10 Å². The molecule has 0 aliphatic rings. The molecular weight excluding hydrogens is 396 g/mol. The predicted molar refractivity (Wildman–Crippen MR) is 115 cm³/mol. The molecule has 0 bridgehead atoms. The van der Waals surface area contributed by atoms with Crippen LogP contribution in [-0.2, 0) is 4.74 Å². The van der Waals surface area contributed by atoms with Crippen LogP contribution in [0.2, 0.25) is 0 Å². The lowest BCUT2D eigenvalue weighted by Crippen LogP contribution is -2.31. The average molecular weight is 418 g/mol. The van der Waals surface area contributed by atoms with E-state index in [9.17, 15) is 15.0 Å². The Bertz CT molecular complexity index is 1010. The van der Waals surface area contributed by atoms with Crippen molar-refractivity contribution in [3.8, 4) is 17.6 Å². The van der Waals surface area contributed by atoms with Crippen molar-refractivity contribution >= 4 is 11.8 Å². The Kier molecular flexibility index (Phi) is 7.46. The number of hydrogen-bond acceptors (Lipinski definition) is 6. The number of rotatable bonds is 8. The van der Waals surface area contributed by atoms with Crippen LogP contribution in [0.4, 0.5) is 10.5 Å². The molecule has 7 heteroatoms. The lowest BCUT2D eigenvalue weighted by Gasteiger charge is -2.28. The molecule has 2 atom stereocenters. The van der Waals surface area contributed by atoms with E-state index in [1.54, 1.807) is 48.5 Å². The zero-order valence-electron chi connectivity index (χ0n) is 16.6. The van der Waals surface area contributed by atoms with Crippen LogP contribution in [0.15, 0.2) is 78.9 Å². The number of anilines is 1. The van der Waals surface area contributed by atoms with Gasteiger partial charge in [-0.15, -0.1) is 0 Å². The van der Waals surface area contributed by atoms with E-state index in [-0.39, 0.29) is 18.8 Å². The Morgan fingerprint density at radius 2 is 1.68 bits per heavy atom. The second-order valence-electron chi connectivity index (χ2n) is 6.71. The highest BCUT2D eigenvalue weighted by molar-refractivity contribution is 5.84. The van der Waals surface area contributed by atoms with Gasteiger partial charge in [0.2, 0.25) is 0 Å². The minimum atomic E-state index is -0.855. The van der Waals surface area contributed by atoms with Gasteiger partial charge in [-0.2, -0.15) is 5.26 Å². The molecule has 7 nitrogen and oxygen atoms in total. The van der Waals surface area contributed by atoms with Gasteiger partial charge >= 0.3 is 6.09 Å². The number of phenolic OH excluding ortho intramolecular Hbond substituents is 1. The number of phenols is 1. The van der Waals surface area contributed by atoms with Crippen LogP contribution in [-0.4, -0.2) is 29.0 Å². The Labute approximate surface area is 180 Å². The molecule has 0 radical (unpaired) electrons. The van der Waals surface area contributed by atoms with Gasteiger partial charge in [0.05, 0.1) is 11.6 Å². The summed E-state index contributed by atoms with van der Waals surface area (Å²) in [6.07, 6.45) is -2.04. The van der Waals surface area contributed by atoms with Crippen molar-refractivity contribution in [2.24, 2.45) is 0 Å². The van der Waals surface area contributed by atoms with Crippen LogP contribution in [0.1, 0.15) is 23.7 Å². The highest BCUT2D eigenvalue weighted by atomic mass is 16.6. The predicted octanol–water partition coefficient (Wildman–Crippen LogP) is 4.38. The molecule has 0 fully saturated rings. The Morgan fingerprint density at radius 1 is 1.00 bits per heavy atom. The van der Waals surface area contributed by atoms with Crippen LogP contribution in [0.5, 0.6) is 11.5 Å². The van der Waals surface area contributed by atoms with Crippen LogP contribution in [0, 0.1) is 11.3 Å². The van der Waals surface area contributed by atoms with Gasteiger partial charge in [0, 0.05) is 18.7 Å². The van der Waals surface area contributed by atoms with Gasteiger partial charge in [0.25, 0.3) is 0 Å². The smallest absolute Gasteiger partial charge is 0.412 e. The zero-order chi connectivity index (χ0) is 22.1. The maximum atomic E-state index is 12.6. The summed E-state index contributed by atoms with van der Waals surface area (Å²) in [5.74, 6) is 0.646. The van der Waals surface area contributed by atoms with Gasteiger partial charge in [-0.1, -0.05) is 30.3 Å². The Hall–Kier alpha value is -4.02. The van der Waals surface area contributed by atoms with E-state index >= 15 is 0 Å². The fourth-order valence-corrected chi connectivity index (χ4v) is 2.99. The molecule has 3 aromatic rings. The number of aliphatic hydroxyl groups excluding tert-OH is 1. The zero-order valence-corrected chi connectivity index (χ0v) is 16.6. The first kappa shape index (κ1) is 21.7. The topological polar surface area (TPSA) is 112 Å². The van der Waals surface area contributed by atoms with E-state index in [1.807, 2.05) is 24.3 Å². The summed E-state index contributed by atoms with van der Waals surface area (Å²) in [6.45, 7) is -0.174. The fourth-order valence-electron chi connectivity index (χ4n) is 2.99. The van der Waals surface area contributed by atoms with Gasteiger partial charge in [0.1, 0.15) is 17.6 Å². The number of para-hydroxylation sites is 1.